The molecule has 0 atom stereocenters. The first-order chi connectivity index (χ1) is 16.3. The third kappa shape index (κ3) is 3.61. The number of nitrogens with zero attached hydrogens (tertiary/aromatic N) is 6. The monoisotopic (exact) mass is 461 g/mol. The Hall–Kier alpha value is -4.38. The van der Waals surface area contributed by atoms with E-state index in [1.807, 2.05) is 0 Å². The van der Waals surface area contributed by atoms with Crippen LogP contribution in [0.5, 0.6) is 0 Å². The molecule has 0 saturated carbocycles. The van der Waals surface area contributed by atoms with Crippen molar-refractivity contribution in [3.8, 4) is 5.82 Å². The lowest BCUT2D eigenvalue weighted by Crippen LogP contribution is -2.23. The lowest BCUT2D eigenvalue weighted by atomic mass is 10.1. The van der Waals surface area contributed by atoms with Gasteiger partial charge in [0, 0.05) is 18.0 Å². The maximum absolute atomic E-state index is 14.3. The predicted octanol–water partition coefficient (Wildman–Crippen LogP) is 3.41. The van der Waals surface area contributed by atoms with Crippen LogP contribution >= 0.6 is 0 Å². The molecule has 2 N–H and O–H groups in total. The number of benzene rings is 1. The molecule has 0 unspecified atom stereocenters. The molecule has 5 aromatic rings. The minimum atomic E-state index is -1.19. The quantitative estimate of drug-likeness (QED) is 0.369. The Kier molecular flexibility index (Phi) is 4.98. The second-order valence-electron chi connectivity index (χ2n) is 8.18. The highest BCUT2D eigenvalue weighted by molar-refractivity contribution is 5.82. The summed E-state index contributed by atoms with van der Waals surface area (Å²) in [5.41, 5.74) is -0.189. The minimum absolute atomic E-state index is 0.133. The van der Waals surface area contributed by atoms with Crippen LogP contribution in [0.25, 0.3) is 27.8 Å². The van der Waals surface area contributed by atoms with Gasteiger partial charge in [-0.2, -0.15) is 4.98 Å². The van der Waals surface area contributed by atoms with Crippen molar-refractivity contribution >= 4 is 33.6 Å². The molecule has 172 valence electrons. The van der Waals surface area contributed by atoms with Crippen molar-refractivity contribution in [2.75, 3.05) is 5.32 Å². The van der Waals surface area contributed by atoms with Crippen LogP contribution in [0.2, 0.25) is 0 Å². The largest absolute Gasteiger partial charge is 0.384 e. The van der Waals surface area contributed by atoms with E-state index in [1.165, 1.54) is 23.1 Å². The summed E-state index contributed by atoms with van der Waals surface area (Å²) in [5.74, 6) is 0.00488. The average Bonchev–Trinajstić information content (AvgIpc) is 3.37. The van der Waals surface area contributed by atoms with Crippen molar-refractivity contribution in [2.45, 2.75) is 26.0 Å². The predicted molar refractivity (Wildman–Crippen MR) is 124 cm³/mol. The Morgan fingerprint density at radius 3 is 2.82 bits per heavy atom. The third-order valence-corrected chi connectivity index (χ3v) is 5.24. The van der Waals surface area contributed by atoms with E-state index in [0.717, 1.165) is 0 Å². The molecule has 1 aromatic carbocycles. The molecule has 0 amide bonds. The normalized spacial score (nSPS) is 11.9. The standard InChI is InChI=1S/C23H20FN7O3/c1-4-8-30-21(32)15-11-25-22(27-13-9-16(24)14-12-26-34-17(14)10-13)29-20(15)31(30)19-7-5-6-18(28-19)23(2,3)33/h4-7,9-12,33H,1,8H2,2-3H3,(H,25,27,29). The molecular formula is C23H20FN7O3. The number of anilines is 2. The van der Waals surface area contributed by atoms with Gasteiger partial charge < -0.3 is 14.9 Å². The molecule has 34 heavy (non-hydrogen) atoms. The Labute approximate surface area is 192 Å². The van der Waals surface area contributed by atoms with Gasteiger partial charge in [0.1, 0.15) is 16.8 Å². The molecule has 5 rings (SSSR count). The number of hydrogen-bond acceptors (Lipinski definition) is 8. The summed E-state index contributed by atoms with van der Waals surface area (Å²) < 4.78 is 22.3. The number of allylic oxidation sites excluding steroid dienone is 1. The van der Waals surface area contributed by atoms with Crippen molar-refractivity contribution < 1.29 is 14.0 Å². The van der Waals surface area contributed by atoms with Gasteiger partial charge in [-0.25, -0.2) is 23.7 Å². The van der Waals surface area contributed by atoms with Crippen molar-refractivity contribution in [1.29, 1.82) is 0 Å². The summed E-state index contributed by atoms with van der Waals surface area (Å²) in [6, 6.07) is 7.98. The lowest BCUT2D eigenvalue weighted by molar-refractivity contribution is 0.0738. The van der Waals surface area contributed by atoms with Gasteiger partial charge in [-0.05, 0) is 32.0 Å². The first-order valence-corrected chi connectivity index (χ1v) is 10.4. The van der Waals surface area contributed by atoms with Crippen LogP contribution in [0.15, 0.2) is 64.7 Å². The molecule has 0 aliphatic rings. The van der Waals surface area contributed by atoms with Gasteiger partial charge in [0.25, 0.3) is 5.56 Å². The van der Waals surface area contributed by atoms with E-state index in [1.54, 1.807) is 48.9 Å². The highest BCUT2D eigenvalue weighted by Gasteiger charge is 2.22. The topological polar surface area (TPSA) is 124 Å². The molecular weight excluding hydrogens is 441 g/mol. The fraction of sp³-hybridized carbons (Fsp3) is 0.174. The van der Waals surface area contributed by atoms with Gasteiger partial charge in [0.15, 0.2) is 17.0 Å². The summed E-state index contributed by atoms with van der Waals surface area (Å²) in [4.78, 5) is 26.4. The van der Waals surface area contributed by atoms with Crippen LogP contribution in [0, 0.1) is 5.82 Å². The highest BCUT2D eigenvalue weighted by Crippen LogP contribution is 2.25. The van der Waals surface area contributed by atoms with Crippen molar-refractivity contribution in [1.82, 2.24) is 29.5 Å². The smallest absolute Gasteiger partial charge is 0.278 e. The van der Waals surface area contributed by atoms with Crippen LogP contribution in [0.1, 0.15) is 19.5 Å². The summed E-state index contributed by atoms with van der Waals surface area (Å²) in [7, 11) is 0. The van der Waals surface area contributed by atoms with Gasteiger partial charge in [-0.3, -0.25) is 4.79 Å². The maximum atomic E-state index is 14.3. The zero-order valence-electron chi connectivity index (χ0n) is 18.4. The maximum Gasteiger partial charge on any atom is 0.278 e. The minimum Gasteiger partial charge on any atom is -0.384 e. The molecule has 0 fully saturated rings. The highest BCUT2D eigenvalue weighted by atomic mass is 19.1. The van der Waals surface area contributed by atoms with Gasteiger partial charge in [-0.15, -0.1) is 6.58 Å². The van der Waals surface area contributed by atoms with Crippen molar-refractivity contribution in [2.24, 2.45) is 0 Å². The van der Waals surface area contributed by atoms with Crippen LogP contribution in [0.4, 0.5) is 16.0 Å². The second-order valence-corrected chi connectivity index (χ2v) is 8.18. The lowest BCUT2D eigenvalue weighted by Gasteiger charge is -2.18. The summed E-state index contributed by atoms with van der Waals surface area (Å²) in [6.45, 7) is 7.17. The number of nitrogens with one attached hydrogen (secondary N) is 1. The molecule has 4 aromatic heterocycles. The fourth-order valence-electron chi connectivity index (χ4n) is 3.62. The first kappa shape index (κ1) is 21.5. The zero-order valence-corrected chi connectivity index (χ0v) is 18.4. The molecule has 0 radical (unpaired) electrons. The summed E-state index contributed by atoms with van der Waals surface area (Å²) in [5, 5.41) is 17.5. The molecule has 11 heteroatoms. The summed E-state index contributed by atoms with van der Waals surface area (Å²) in [6.07, 6.45) is 4.28. The molecule has 0 bridgehead atoms. The van der Waals surface area contributed by atoms with Crippen LogP contribution in [-0.4, -0.2) is 34.6 Å². The van der Waals surface area contributed by atoms with Gasteiger partial charge >= 0.3 is 0 Å². The third-order valence-electron chi connectivity index (χ3n) is 5.24. The van der Waals surface area contributed by atoms with E-state index in [0.29, 0.717) is 17.2 Å². The number of rotatable bonds is 6. The molecule has 0 aliphatic carbocycles. The van der Waals surface area contributed by atoms with E-state index in [2.05, 4.69) is 32.0 Å². The molecule has 0 saturated heterocycles. The number of aromatic nitrogens is 6. The number of halogens is 1. The van der Waals surface area contributed by atoms with Crippen molar-refractivity contribution in [3.05, 3.63) is 77.2 Å². The number of aliphatic hydroxyl groups is 1. The molecule has 0 aliphatic heterocycles. The zero-order chi connectivity index (χ0) is 24.0. The number of hydrogen-bond donors (Lipinski definition) is 2. The molecule has 10 nitrogen and oxygen atoms in total. The van der Waals surface area contributed by atoms with Crippen LogP contribution in [0.3, 0.4) is 0 Å². The van der Waals surface area contributed by atoms with Gasteiger partial charge in [-0.1, -0.05) is 17.3 Å². The Balaban J connectivity index is 1.67. The van der Waals surface area contributed by atoms with E-state index in [-0.39, 0.29) is 40.1 Å². The molecule has 4 heterocycles. The first-order valence-electron chi connectivity index (χ1n) is 10.4. The van der Waals surface area contributed by atoms with E-state index in [9.17, 15) is 14.3 Å². The number of fused-ring (bicyclic) bond motifs is 2. The van der Waals surface area contributed by atoms with E-state index >= 15 is 0 Å². The van der Waals surface area contributed by atoms with Crippen molar-refractivity contribution in [3.63, 3.8) is 0 Å². The van der Waals surface area contributed by atoms with E-state index in [4.69, 9.17) is 4.52 Å². The van der Waals surface area contributed by atoms with Gasteiger partial charge in [0.2, 0.25) is 5.95 Å². The van der Waals surface area contributed by atoms with Crippen LogP contribution in [-0.2, 0) is 12.1 Å². The SMILES string of the molecule is C=CCn1c(=O)c2cnc(Nc3cc(F)c4cnoc4c3)nc2n1-c1cccc(C(C)(C)O)n1. The van der Waals surface area contributed by atoms with Gasteiger partial charge in [0.05, 0.1) is 23.8 Å². The Morgan fingerprint density at radius 2 is 2.06 bits per heavy atom. The summed E-state index contributed by atoms with van der Waals surface area (Å²) >= 11 is 0. The average molecular weight is 461 g/mol. The Morgan fingerprint density at radius 1 is 1.24 bits per heavy atom. The number of pyridine rings is 1. The fourth-order valence-corrected chi connectivity index (χ4v) is 3.62. The second kappa shape index (κ2) is 7.89. The van der Waals surface area contributed by atoms with E-state index < -0.39 is 11.4 Å². The van der Waals surface area contributed by atoms with Crippen LogP contribution < -0.4 is 10.9 Å². The Bertz CT molecular complexity index is 1610. The molecule has 0 spiro atoms.